The van der Waals surface area contributed by atoms with E-state index in [0.29, 0.717) is 0 Å². The number of imidazole rings is 1. The zero-order valence-corrected chi connectivity index (χ0v) is 13.0. The van der Waals surface area contributed by atoms with Crippen molar-refractivity contribution < 1.29 is 0 Å². The third-order valence-corrected chi connectivity index (χ3v) is 4.02. The van der Waals surface area contributed by atoms with Crippen molar-refractivity contribution in [3.8, 4) is 5.69 Å². The molecule has 0 aliphatic heterocycles. The fourth-order valence-corrected chi connectivity index (χ4v) is 2.81. The van der Waals surface area contributed by atoms with Gasteiger partial charge in [-0.3, -0.25) is 0 Å². The summed E-state index contributed by atoms with van der Waals surface area (Å²) < 4.78 is 3.07. The molecule has 0 N–H and O–H groups in total. The largest absolute Gasteiger partial charge is 0.306 e. The van der Waals surface area contributed by atoms with Crippen LogP contribution in [-0.4, -0.2) is 9.55 Å². The van der Waals surface area contributed by atoms with Crippen LogP contribution in [0.3, 0.4) is 0 Å². The number of nitrogens with zero attached hydrogens (tertiary/aromatic N) is 2. The van der Waals surface area contributed by atoms with Gasteiger partial charge in [0.1, 0.15) is 0 Å². The summed E-state index contributed by atoms with van der Waals surface area (Å²) in [4.78, 5) is 4.11. The molecule has 0 spiro atoms. The Hall–Kier alpha value is -1.58. The van der Waals surface area contributed by atoms with Gasteiger partial charge in [-0.05, 0) is 35.4 Å². The molecule has 100 valence electrons. The molecule has 0 bridgehead atoms. The van der Waals surface area contributed by atoms with Crippen molar-refractivity contribution in [1.82, 2.24) is 9.55 Å². The van der Waals surface area contributed by atoms with Crippen molar-refractivity contribution >= 4 is 27.5 Å². The zero-order chi connectivity index (χ0) is 13.9. The highest BCUT2D eigenvalue weighted by Gasteiger charge is 2.08. The summed E-state index contributed by atoms with van der Waals surface area (Å²) in [6.07, 6.45) is 6.31. The van der Waals surface area contributed by atoms with Gasteiger partial charge in [0.25, 0.3) is 0 Å². The highest BCUT2D eigenvalue weighted by atomic mass is 79.9. The quantitative estimate of drug-likeness (QED) is 0.660. The van der Waals surface area contributed by atoms with Crippen LogP contribution in [-0.2, 0) is 6.42 Å². The minimum atomic E-state index is 0.784. The topological polar surface area (TPSA) is 17.8 Å². The second-order valence-corrected chi connectivity index (χ2v) is 5.83. The summed E-state index contributed by atoms with van der Waals surface area (Å²) in [5.74, 6) is 0. The van der Waals surface area contributed by atoms with Gasteiger partial charge >= 0.3 is 0 Å². The third kappa shape index (κ3) is 2.79. The number of hydrogen-bond acceptors (Lipinski definition) is 1. The minimum absolute atomic E-state index is 0.784. The smallest absolute Gasteiger partial charge is 0.0991 e. The summed E-state index contributed by atoms with van der Waals surface area (Å²) >= 11 is 9.79. The highest BCUT2D eigenvalue weighted by molar-refractivity contribution is 9.10. The molecule has 0 unspecified atom stereocenters. The Bertz CT molecular complexity index is 723. The predicted octanol–water partition coefficient (Wildman–Crippen LogP) is 4.88. The molecule has 0 fully saturated rings. The van der Waals surface area contributed by atoms with E-state index in [0.717, 1.165) is 27.2 Å². The van der Waals surface area contributed by atoms with Crippen LogP contribution < -0.4 is 0 Å². The van der Waals surface area contributed by atoms with Gasteiger partial charge in [0, 0.05) is 28.3 Å². The van der Waals surface area contributed by atoms with Crippen LogP contribution in [0.25, 0.3) is 5.69 Å². The molecule has 3 aromatic rings. The van der Waals surface area contributed by atoms with Gasteiger partial charge in [-0.2, -0.15) is 0 Å². The molecule has 2 nitrogen and oxygen atoms in total. The monoisotopic (exact) mass is 346 g/mol. The van der Waals surface area contributed by atoms with Crippen LogP contribution in [0, 0.1) is 0 Å². The average Bonchev–Trinajstić information content (AvgIpc) is 2.95. The Balaban J connectivity index is 2.05. The number of benzene rings is 2. The Morgan fingerprint density at radius 3 is 2.70 bits per heavy atom. The van der Waals surface area contributed by atoms with Gasteiger partial charge in [-0.15, -0.1) is 0 Å². The lowest BCUT2D eigenvalue weighted by Crippen LogP contribution is -1.99. The van der Waals surface area contributed by atoms with Gasteiger partial charge < -0.3 is 4.57 Å². The van der Waals surface area contributed by atoms with E-state index in [-0.39, 0.29) is 0 Å². The van der Waals surface area contributed by atoms with Crippen LogP contribution in [0.2, 0.25) is 5.02 Å². The molecule has 0 aliphatic carbocycles. The predicted molar refractivity (Wildman–Crippen MR) is 85.5 cm³/mol. The fourth-order valence-electron chi connectivity index (χ4n) is 2.20. The summed E-state index contributed by atoms with van der Waals surface area (Å²) in [6, 6.07) is 14.2. The normalized spacial score (nSPS) is 10.7. The lowest BCUT2D eigenvalue weighted by Gasteiger charge is -2.12. The van der Waals surface area contributed by atoms with Crippen molar-refractivity contribution in [2.24, 2.45) is 0 Å². The molecule has 3 rings (SSSR count). The van der Waals surface area contributed by atoms with Crippen LogP contribution in [0.15, 0.2) is 65.7 Å². The van der Waals surface area contributed by atoms with Crippen LogP contribution in [0.1, 0.15) is 11.1 Å². The number of aromatic nitrogens is 2. The van der Waals surface area contributed by atoms with Gasteiger partial charge in [-0.1, -0.05) is 45.7 Å². The van der Waals surface area contributed by atoms with Gasteiger partial charge in [0.15, 0.2) is 0 Å². The third-order valence-electron chi connectivity index (χ3n) is 3.16. The SMILES string of the molecule is Clc1ccccc1Cc1cc(Br)ccc1-n1ccnc1. The van der Waals surface area contributed by atoms with Crippen LogP contribution >= 0.6 is 27.5 Å². The lowest BCUT2D eigenvalue weighted by molar-refractivity contribution is 1.01. The first-order chi connectivity index (χ1) is 9.74. The maximum Gasteiger partial charge on any atom is 0.0991 e. The molecule has 4 heteroatoms. The fraction of sp³-hybridized carbons (Fsp3) is 0.0625. The van der Waals surface area contributed by atoms with Crippen molar-refractivity contribution in [3.63, 3.8) is 0 Å². The summed E-state index contributed by atoms with van der Waals surface area (Å²) in [6.45, 7) is 0. The maximum atomic E-state index is 6.26. The molecule has 0 aliphatic rings. The first kappa shape index (κ1) is 13.4. The second-order valence-electron chi connectivity index (χ2n) is 4.51. The van der Waals surface area contributed by atoms with Crippen molar-refractivity contribution in [2.45, 2.75) is 6.42 Å². The van der Waals surface area contributed by atoms with E-state index in [1.54, 1.807) is 12.5 Å². The molecule has 0 saturated carbocycles. The Morgan fingerprint density at radius 1 is 1.10 bits per heavy atom. The maximum absolute atomic E-state index is 6.26. The zero-order valence-electron chi connectivity index (χ0n) is 10.6. The van der Waals surface area contributed by atoms with E-state index in [1.165, 1.54) is 5.56 Å². The first-order valence-electron chi connectivity index (χ1n) is 6.24. The van der Waals surface area contributed by atoms with E-state index in [4.69, 9.17) is 11.6 Å². The van der Waals surface area contributed by atoms with E-state index < -0.39 is 0 Å². The molecule has 0 radical (unpaired) electrons. The first-order valence-corrected chi connectivity index (χ1v) is 7.41. The number of hydrogen-bond donors (Lipinski definition) is 0. The molecular weight excluding hydrogens is 336 g/mol. The highest BCUT2D eigenvalue weighted by Crippen LogP contribution is 2.25. The van der Waals surface area contributed by atoms with E-state index in [9.17, 15) is 0 Å². The molecule has 1 aromatic heterocycles. The molecule has 2 aromatic carbocycles. The molecule has 0 atom stereocenters. The van der Waals surface area contributed by atoms with Gasteiger partial charge in [-0.25, -0.2) is 4.98 Å². The van der Waals surface area contributed by atoms with Crippen molar-refractivity contribution in [3.05, 3.63) is 81.8 Å². The van der Waals surface area contributed by atoms with E-state index in [1.807, 2.05) is 35.0 Å². The molecule has 0 saturated heterocycles. The van der Waals surface area contributed by atoms with E-state index in [2.05, 4.69) is 39.1 Å². The second kappa shape index (κ2) is 5.81. The van der Waals surface area contributed by atoms with E-state index >= 15 is 0 Å². The number of halogens is 2. The van der Waals surface area contributed by atoms with Gasteiger partial charge in [0.2, 0.25) is 0 Å². The summed E-state index contributed by atoms with van der Waals surface area (Å²) in [5, 5.41) is 0.795. The standard InChI is InChI=1S/C16H12BrClN2/c17-14-5-6-16(20-8-7-19-11-20)13(10-14)9-12-3-1-2-4-15(12)18/h1-8,10-11H,9H2. The van der Waals surface area contributed by atoms with Crippen LogP contribution in [0.5, 0.6) is 0 Å². The van der Waals surface area contributed by atoms with Gasteiger partial charge in [0.05, 0.1) is 12.0 Å². The molecule has 20 heavy (non-hydrogen) atoms. The molecule has 1 heterocycles. The van der Waals surface area contributed by atoms with Crippen LogP contribution in [0.4, 0.5) is 0 Å². The Morgan fingerprint density at radius 2 is 1.95 bits per heavy atom. The number of rotatable bonds is 3. The molecular formula is C16H12BrClN2. The summed E-state index contributed by atoms with van der Waals surface area (Å²) in [5.41, 5.74) is 3.43. The average molecular weight is 348 g/mol. The lowest BCUT2D eigenvalue weighted by atomic mass is 10.0. The Kier molecular flexibility index (Phi) is 3.90. The van der Waals surface area contributed by atoms with Crippen molar-refractivity contribution in [2.75, 3.05) is 0 Å². The summed E-state index contributed by atoms with van der Waals surface area (Å²) in [7, 11) is 0. The van der Waals surface area contributed by atoms with Crippen molar-refractivity contribution in [1.29, 1.82) is 0 Å². The Labute approximate surface area is 131 Å². The molecule has 0 amide bonds. The minimum Gasteiger partial charge on any atom is -0.306 e.